The molecule has 2 fully saturated rings. The molecule has 2 aromatic carbocycles. The summed E-state index contributed by atoms with van der Waals surface area (Å²) in [6, 6.07) is 11.3. The average Bonchev–Trinajstić information content (AvgIpc) is 3.19. The molecule has 0 atom stereocenters. The van der Waals surface area contributed by atoms with E-state index < -0.39 is 15.9 Å². The lowest BCUT2D eigenvalue weighted by Gasteiger charge is -2.30. The van der Waals surface area contributed by atoms with E-state index >= 15 is 0 Å². The molecule has 31 heavy (non-hydrogen) atoms. The molecule has 3 N–H and O–H groups in total. The first-order valence-corrected chi connectivity index (χ1v) is 11.6. The molecule has 2 heterocycles. The Morgan fingerprint density at radius 2 is 1.74 bits per heavy atom. The molecule has 164 valence electrons. The minimum Gasteiger partial charge on any atom is -0.378 e. The Morgan fingerprint density at radius 1 is 1.03 bits per heavy atom. The van der Waals surface area contributed by atoms with Gasteiger partial charge in [0.05, 0.1) is 23.7 Å². The minimum absolute atomic E-state index is 0.0896. The van der Waals surface area contributed by atoms with Gasteiger partial charge in [0.2, 0.25) is 15.9 Å². The largest absolute Gasteiger partial charge is 0.378 e. The maximum absolute atomic E-state index is 13.1. The number of amides is 2. The fourth-order valence-corrected chi connectivity index (χ4v) is 4.34. The van der Waals surface area contributed by atoms with E-state index in [9.17, 15) is 18.0 Å². The quantitative estimate of drug-likeness (QED) is 0.722. The Hall–Kier alpha value is -2.95. The Bertz CT molecular complexity index is 1100. The molecule has 10 heteroatoms. The molecule has 0 aromatic heterocycles. The fraction of sp³-hybridized carbons (Fsp3) is 0.333. The van der Waals surface area contributed by atoms with Crippen molar-refractivity contribution in [3.63, 3.8) is 0 Å². The summed E-state index contributed by atoms with van der Waals surface area (Å²) in [4.78, 5) is 28.6. The highest BCUT2D eigenvalue weighted by molar-refractivity contribution is 7.89. The van der Waals surface area contributed by atoms with Crippen LogP contribution in [0.5, 0.6) is 0 Å². The van der Waals surface area contributed by atoms with Gasteiger partial charge in [-0.15, -0.1) is 0 Å². The average molecular weight is 445 g/mol. The van der Waals surface area contributed by atoms with Gasteiger partial charge in [-0.3, -0.25) is 9.59 Å². The maximum Gasteiger partial charge on any atom is 0.257 e. The molecule has 0 bridgehead atoms. The number of carbonyl (C=O) groups excluding carboxylic acids is 2. The van der Waals surface area contributed by atoms with Crippen molar-refractivity contribution in [2.75, 3.05) is 48.0 Å². The van der Waals surface area contributed by atoms with Crippen LogP contribution in [0.1, 0.15) is 23.2 Å². The lowest BCUT2D eigenvalue weighted by atomic mass is 10.1. The Morgan fingerprint density at radius 3 is 2.35 bits per heavy atom. The predicted molar refractivity (Wildman–Crippen MR) is 117 cm³/mol. The van der Waals surface area contributed by atoms with Crippen LogP contribution in [0.15, 0.2) is 47.4 Å². The van der Waals surface area contributed by atoms with Gasteiger partial charge in [-0.2, -0.15) is 0 Å². The Kier molecular flexibility index (Phi) is 5.94. The van der Waals surface area contributed by atoms with Crippen LogP contribution in [0.4, 0.5) is 17.1 Å². The highest BCUT2D eigenvalue weighted by Gasteiger charge is 2.23. The van der Waals surface area contributed by atoms with Gasteiger partial charge in [-0.1, -0.05) is 0 Å². The molecule has 0 radical (unpaired) electrons. The minimum atomic E-state index is -3.96. The van der Waals surface area contributed by atoms with Crippen LogP contribution >= 0.6 is 0 Å². The van der Waals surface area contributed by atoms with Gasteiger partial charge in [0.25, 0.3) is 5.91 Å². The predicted octanol–water partition coefficient (Wildman–Crippen LogP) is 1.55. The molecule has 0 saturated carbocycles. The van der Waals surface area contributed by atoms with Crippen molar-refractivity contribution in [3.05, 3.63) is 48.0 Å². The number of rotatable bonds is 5. The summed E-state index contributed by atoms with van der Waals surface area (Å²) >= 11 is 0. The number of benzene rings is 2. The summed E-state index contributed by atoms with van der Waals surface area (Å²) in [5, 5.41) is 8.08. The van der Waals surface area contributed by atoms with E-state index in [1.165, 1.54) is 12.1 Å². The molecule has 2 amide bonds. The summed E-state index contributed by atoms with van der Waals surface area (Å²) in [5.74, 6) is -0.358. The molecule has 2 saturated heterocycles. The smallest absolute Gasteiger partial charge is 0.257 e. The summed E-state index contributed by atoms with van der Waals surface area (Å²) in [6.45, 7) is 2.91. The van der Waals surface area contributed by atoms with Crippen LogP contribution < -0.4 is 20.3 Å². The number of sulfonamides is 1. The third-order valence-corrected chi connectivity index (χ3v) is 6.31. The van der Waals surface area contributed by atoms with E-state index in [0.29, 0.717) is 50.6 Å². The first-order chi connectivity index (χ1) is 14.8. The third-order valence-electron chi connectivity index (χ3n) is 5.40. The van der Waals surface area contributed by atoms with Crippen LogP contribution in [0.2, 0.25) is 0 Å². The van der Waals surface area contributed by atoms with Crippen LogP contribution in [0, 0.1) is 0 Å². The molecular formula is C21H24N4O5S. The first-order valence-electron chi connectivity index (χ1n) is 10.0. The van der Waals surface area contributed by atoms with Crippen molar-refractivity contribution in [1.29, 1.82) is 0 Å². The number of carbonyl (C=O) groups is 2. The molecule has 0 spiro atoms. The van der Waals surface area contributed by atoms with Gasteiger partial charge >= 0.3 is 0 Å². The van der Waals surface area contributed by atoms with Crippen LogP contribution in [-0.2, 0) is 19.6 Å². The number of hydrogen-bond acceptors (Lipinski definition) is 6. The number of nitrogens with one attached hydrogen (secondary N) is 1. The molecule has 2 aliphatic heterocycles. The van der Waals surface area contributed by atoms with E-state index in [2.05, 4.69) is 5.32 Å². The highest BCUT2D eigenvalue weighted by atomic mass is 32.2. The molecule has 2 aromatic rings. The van der Waals surface area contributed by atoms with Gasteiger partial charge in [-0.05, 0) is 48.9 Å². The summed E-state index contributed by atoms with van der Waals surface area (Å²) < 4.78 is 29.0. The van der Waals surface area contributed by atoms with E-state index in [1.54, 1.807) is 35.2 Å². The Balaban J connectivity index is 1.59. The molecule has 2 aliphatic rings. The number of anilines is 3. The van der Waals surface area contributed by atoms with Crippen molar-refractivity contribution in [3.8, 4) is 0 Å². The molecule has 0 unspecified atom stereocenters. The number of hydrogen-bond donors (Lipinski definition) is 2. The normalized spacial score (nSPS) is 17.1. The lowest BCUT2D eigenvalue weighted by Crippen LogP contribution is -2.37. The van der Waals surface area contributed by atoms with Crippen molar-refractivity contribution in [2.24, 2.45) is 5.14 Å². The summed E-state index contributed by atoms with van der Waals surface area (Å²) in [5.41, 5.74) is 2.15. The fourth-order valence-electron chi connectivity index (χ4n) is 3.80. The van der Waals surface area contributed by atoms with Crippen molar-refractivity contribution in [2.45, 2.75) is 17.7 Å². The number of nitrogens with zero attached hydrogens (tertiary/aromatic N) is 2. The standard InChI is InChI=1S/C21H24N4O5S/c22-31(28,29)17-7-8-19(24-10-12-30-13-11-24)18(14-17)21(27)23-15-3-5-16(6-4-15)25-9-1-2-20(25)26/h3-8,14H,1-2,9-13H2,(H,23,27)(H2,22,28,29). The third kappa shape index (κ3) is 4.71. The van der Waals surface area contributed by atoms with E-state index in [1.807, 2.05) is 4.90 Å². The Labute approximate surface area is 180 Å². The number of primary sulfonamides is 1. The second-order valence-electron chi connectivity index (χ2n) is 7.47. The van der Waals surface area contributed by atoms with Crippen molar-refractivity contribution >= 4 is 38.9 Å². The van der Waals surface area contributed by atoms with Gasteiger partial charge in [0.15, 0.2) is 0 Å². The van der Waals surface area contributed by atoms with E-state index in [4.69, 9.17) is 9.88 Å². The monoisotopic (exact) mass is 444 g/mol. The van der Waals surface area contributed by atoms with E-state index in [-0.39, 0.29) is 16.4 Å². The van der Waals surface area contributed by atoms with Crippen molar-refractivity contribution < 1.29 is 22.7 Å². The summed E-state index contributed by atoms with van der Waals surface area (Å²) in [6.07, 6.45) is 1.38. The molecule has 0 aliphatic carbocycles. The second-order valence-corrected chi connectivity index (χ2v) is 9.03. The zero-order chi connectivity index (χ0) is 22.0. The number of nitrogens with two attached hydrogens (primary N) is 1. The molecular weight excluding hydrogens is 420 g/mol. The number of morpholine rings is 1. The van der Waals surface area contributed by atoms with Crippen molar-refractivity contribution in [1.82, 2.24) is 0 Å². The first kappa shape index (κ1) is 21.3. The van der Waals surface area contributed by atoms with Gasteiger partial charge in [-0.25, -0.2) is 13.6 Å². The topological polar surface area (TPSA) is 122 Å². The van der Waals surface area contributed by atoms with Gasteiger partial charge < -0.3 is 19.9 Å². The number of ether oxygens (including phenoxy) is 1. The van der Waals surface area contributed by atoms with Gasteiger partial charge in [0, 0.05) is 43.1 Å². The molecule has 4 rings (SSSR count). The zero-order valence-electron chi connectivity index (χ0n) is 16.9. The van der Waals surface area contributed by atoms with E-state index in [0.717, 1.165) is 12.1 Å². The van der Waals surface area contributed by atoms with Gasteiger partial charge in [0.1, 0.15) is 0 Å². The lowest BCUT2D eigenvalue weighted by molar-refractivity contribution is -0.117. The van der Waals surface area contributed by atoms with Crippen LogP contribution in [-0.4, -0.2) is 53.1 Å². The molecule has 9 nitrogen and oxygen atoms in total. The maximum atomic E-state index is 13.1. The van der Waals surface area contributed by atoms with Crippen LogP contribution in [0.25, 0.3) is 0 Å². The second kappa shape index (κ2) is 8.66. The highest BCUT2D eigenvalue weighted by Crippen LogP contribution is 2.27. The SMILES string of the molecule is NS(=O)(=O)c1ccc(N2CCOCC2)c(C(=O)Nc2ccc(N3CCCC3=O)cc2)c1. The zero-order valence-corrected chi connectivity index (χ0v) is 17.7. The van der Waals surface area contributed by atoms with Crippen LogP contribution in [0.3, 0.4) is 0 Å². The summed E-state index contributed by atoms with van der Waals surface area (Å²) in [7, 11) is -3.96.